The van der Waals surface area contributed by atoms with Crippen molar-refractivity contribution in [3.63, 3.8) is 0 Å². The van der Waals surface area contributed by atoms with Crippen LogP contribution in [0.4, 0.5) is 0 Å². The molecule has 28 heteroatoms. The average Bonchev–Trinajstić information content (AvgIpc) is 1.26. The number of amides is 1. The lowest BCUT2D eigenvalue weighted by atomic mass is 9.90. The number of carbonyl (C=O) groups excluding carboxylic acids is 1. The van der Waals surface area contributed by atoms with E-state index >= 15 is 0 Å². The highest BCUT2D eigenvalue weighted by Crippen LogP contribution is 2.32. The molecule has 0 radical (unpaired) electrons. The van der Waals surface area contributed by atoms with Crippen LogP contribution in [0.15, 0.2) is 206 Å². The summed E-state index contributed by atoms with van der Waals surface area (Å²) in [5.41, 5.74) is 1.89. The fraction of sp³-hybridized carbons (Fsp3) is 0.338. The van der Waals surface area contributed by atoms with E-state index in [4.69, 9.17) is 20.1 Å². The molecule has 5 aliphatic heterocycles. The van der Waals surface area contributed by atoms with E-state index in [9.17, 15) is 57.1 Å². The van der Waals surface area contributed by atoms with Gasteiger partial charge in [-0.25, -0.2) is 42.1 Å². The van der Waals surface area contributed by atoms with Crippen molar-refractivity contribution in [3.8, 4) is 28.7 Å². The third kappa shape index (κ3) is 19.1. The van der Waals surface area contributed by atoms with E-state index in [0.29, 0.717) is 90.1 Å². The van der Waals surface area contributed by atoms with Gasteiger partial charge in [-0.15, -0.1) is 0 Å². The molecule has 5 saturated heterocycles. The average molecular weight is 1380 g/mol. The second-order valence-electron chi connectivity index (χ2n) is 22.2. The Labute approximate surface area is 545 Å². The summed E-state index contributed by atoms with van der Waals surface area (Å²) in [5, 5.41) is 45.9. The van der Waals surface area contributed by atoms with Crippen LogP contribution in [0.1, 0.15) is 66.8 Å². The molecule has 5 heterocycles. The van der Waals surface area contributed by atoms with Crippen LogP contribution in [0.5, 0.6) is 28.7 Å². The van der Waals surface area contributed by atoms with Gasteiger partial charge in [0.1, 0.15) is 28.7 Å². The van der Waals surface area contributed by atoms with Gasteiger partial charge in [-0.3, -0.25) is 4.79 Å². The molecule has 0 atom stereocenters. The maximum Gasteiger partial charge on any atom is 0.253 e. The maximum atomic E-state index is 12.6. The quantitative estimate of drug-likeness (QED) is 0.0784. The Balaban J connectivity index is 0.000000151. The van der Waals surface area contributed by atoms with Crippen LogP contribution < -0.4 is 0 Å². The fourth-order valence-corrected chi connectivity index (χ4v) is 18.0. The van der Waals surface area contributed by atoms with Crippen molar-refractivity contribution in [1.82, 2.24) is 26.4 Å². The van der Waals surface area contributed by atoms with Crippen molar-refractivity contribution in [2.75, 3.05) is 91.8 Å². The van der Waals surface area contributed by atoms with Gasteiger partial charge in [0, 0.05) is 84.1 Å². The number of ether oxygens (including phenoxy) is 1. The van der Waals surface area contributed by atoms with Crippen molar-refractivity contribution >= 4 is 56.0 Å². The molecule has 0 aromatic heterocycles. The summed E-state index contributed by atoms with van der Waals surface area (Å²) >= 11 is 0. The zero-order valence-corrected chi connectivity index (χ0v) is 55.2. The van der Waals surface area contributed by atoms with Crippen molar-refractivity contribution in [2.24, 2.45) is 0 Å². The Morgan fingerprint density at radius 2 is 0.581 bits per heavy atom. The molecule has 0 unspecified atom stereocenters. The molecular formula is C65H78N6O17S5. The Kier molecular flexibility index (Phi) is 25.0. The molecule has 0 bridgehead atoms. The maximum absolute atomic E-state index is 12.6. The lowest BCUT2D eigenvalue weighted by Crippen LogP contribution is -2.50. The second-order valence-corrected chi connectivity index (χ2v) is 31.9. The van der Waals surface area contributed by atoms with E-state index in [0.717, 1.165) is 44.9 Å². The third-order valence-electron chi connectivity index (χ3n) is 16.0. The molecular weight excluding hydrogens is 1300 g/mol. The molecule has 5 fully saturated rings. The van der Waals surface area contributed by atoms with Gasteiger partial charge in [0.05, 0.1) is 37.7 Å². The molecule has 0 spiro atoms. The predicted molar refractivity (Wildman–Crippen MR) is 349 cm³/mol. The minimum absolute atomic E-state index is 0.0206. The van der Waals surface area contributed by atoms with Gasteiger partial charge < -0.3 is 35.2 Å². The minimum atomic E-state index is -3.61. The highest BCUT2D eigenvalue weighted by molar-refractivity contribution is 7.90. The van der Waals surface area contributed by atoms with Crippen molar-refractivity contribution in [2.45, 2.75) is 75.3 Å². The number of rotatable bonds is 12. The fourth-order valence-electron chi connectivity index (χ4n) is 10.7. The summed E-state index contributed by atoms with van der Waals surface area (Å²) in [7, 11) is -17.2. The summed E-state index contributed by atoms with van der Waals surface area (Å²) in [5.74, 6) is 0.646. The first-order valence-electron chi connectivity index (χ1n) is 30.3. The van der Waals surface area contributed by atoms with Gasteiger partial charge in [-0.05, 0) is 183 Å². The number of carbonyl (C=O) groups is 1. The smallest absolute Gasteiger partial charge is 0.253 e. The first-order chi connectivity index (χ1) is 44.4. The van der Waals surface area contributed by atoms with E-state index in [1.165, 1.54) is 144 Å². The highest BCUT2D eigenvalue weighted by Gasteiger charge is 2.33. The summed E-state index contributed by atoms with van der Waals surface area (Å²) in [4.78, 5) is 15.1. The van der Waals surface area contributed by atoms with Crippen molar-refractivity contribution in [1.29, 1.82) is 0 Å². The normalized spacial score (nSPS) is 17.6. The van der Waals surface area contributed by atoms with Crippen LogP contribution >= 0.6 is 0 Å². The number of morpholine rings is 1. The molecule has 500 valence electrons. The lowest BCUT2D eigenvalue weighted by molar-refractivity contribution is 0.0697. The Hall–Kier alpha value is -7.48. The van der Waals surface area contributed by atoms with Gasteiger partial charge in [-0.1, -0.05) is 55.0 Å². The lowest BCUT2D eigenvalue weighted by Gasteiger charge is -2.34. The number of hydrogen-bond donors (Lipinski definition) is 5. The number of phenols is 5. The largest absolute Gasteiger partial charge is 0.508 e. The summed E-state index contributed by atoms with van der Waals surface area (Å²) in [6.07, 6.45) is 6.48. The zero-order chi connectivity index (χ0) is 66.8. The van der Waals surface area contributed by atoms with Gasteiger partial charge in [0.25, 0.3) is 5.91 Å². The summed E-state index contributed by atoms with van der Waals surface area (Å²) in [6, 6.07) is 47.3. The molecule has 12 rings (SSSR count). The summed E-state index contributed by atoms with van der Waals surface area (Å²) in [6.45, 7) is 6.28. The monoisotopic (exact) mass is 1370 g/mol. The Morgan fingerprint density at radius 1 is 0.312 bits per heavy atom. The number of aromatic hydroxyl groups is 5. The molecule has 1 amide bonds. The minimum Gasteiger partial charge on any atom is -0.508 e. The Bertz CT molecular complexity index is 4000. The molecule has 5 aliphatic rings. The topological polar surface area (TPSA) is 318 Å². The number of hydrogen-bond acceptors (Lipinski definition) is 17. The van der Waals surface area contributed by atoms with Crippen LogP contribution in [0.2, 0.25) is 0 Å². The predicted octanol–water partition coefficient (Wildman–Crippen LogP) is 7.66. The Morgan fingerprint density at radius 3 is 0.903 bits per heavy atom. The molecule has 93 heavy (non-hydrogen) atoms. The third-order valence-corrected chi connectivity index (χ3v) is 25.6. The van der Waals surface area contributed by atoms with Gasteiger partial charge in [0.2, 0.25) is 50.1 Å². The molecule has 5 N–H and O–H groups in total. The summed E-state index contributed by atoms with van der Waals surface area (Å²) < 4.78 is 135. The van der Waals surface area contributed by atoms with Crippen LogP contribution in [-0.2, 0) is 54.9 Å². The van der Waals surface area contributed by atoms with Gasteiger partial charge in [0.15, 0.2) is 0 Å². The number of phenolic OH excluding ortho intramolecular Hbond substituents is 5. The van der Waals surface area contributed by atoms with Gasteiger partial charge >= 0.3 is 0 Å². The van der Waals surface area contributed by atoms with E-state index in [-0.39, 0.29) is 72.2 Å². The van der Waals surface area contributed by atoms with E-state index in [1.54, 1.807) is 33.5 Å². The van der Waals surface area contributed by atoms with Gasteiger partial charge in [-0.2, -0.15) is 21.5 Å². The molecule has 7 aromatic carbocycles. The molecule has 23 nitrogen and oxygen atoms in total. The first kappa shape index (κ1) is 71.4. The van der Waals surface area contributed by atoms with Crippen molar-refractivity contribution in [3.05, 3.63) is 193 Å². The molecule has 0 aliphatic carbocycles. The number of nitrogens with zero attached hydrogens (tertiary/aromatic N) is 6. The molecule has 7 aromatic rings. The zero-order valence-electron chi connectivity index (χ0n) is 51.1. The van der Waals surface area contributed by atoms with Crippen LogP contribution in [-0.4, -0.2) is 192 Å². The van der Waals surface area contributed by atoms with Crippen LogP contribution in [0.3, 0.4) is 0 Å². The highest BCUT2D eigenvalue weighted by atomic mass is 32.2. The SMILES string of the molecule is O=C(c1ccccc1)N1CCN(S(=O)(=O)c2ccc(O)cc2)CC1.O=S(=O)(c1ccc(O)cc1)N1CCC(c2ccccc2)CC1.O=S(=O)(c1ccc(O)cc1)N1CCCC1.O=S(=O)(c1ccc(O)cc1)N1CCCCC1.O=S(=O)(c1ccc(O)cc1)N1CCOCC1. The van der Waals surface area contributed by atoms with Crippen LogP contribution in [0.25, 0.3) is 0 Å². The van der Waals surface area contributed by atoms with Crippen LogP contribution in [0, 0.1) is 0 Å². The molecule has 0 saturated carbocycles. The number of piperidine rings is 2. The second kappa shape index (κ2) is 32.6. The van der Waals surface area contributed by atoms with E-state index < -0.39 is 50.1 Å². The van der Waals surface area contributed by atoms with Crippen molar-refractivity contribution < 1.29 is 77.2 Å². The standard InChI is InChI=1S/C17H18N2O4S.C17H19NO3S.C11H15NO3S.C10H13NO4S.C10H13NO3S/c20-15-6-8-16(9-7-15)24(22,23)19-12-10-18(11-13-19)17(21)14-4-2-1-3-5-14;19-16-6-8-17(9-7-16)22(20,21)18-12-10-15(11-13-18)14-4-2-1-3-5-14;13-10-4-6-11(7-5-10)16(14,15)12-8-2-1-3-9-12;12-9-1-3-10(4-2-9)16(13,14)11-5-7-15-8-6-11;12-9-3-5-10(6-4-9)15(13,14)11-7-1-2-8-11/h1-9,20H,10-13H2;1-9,15,19H,10-13H2;4-7,13H,1-3,8-9H2;1-4,12H,5-8H2;3-6,12H,1-2,7-8H2. The van der Waals surface area contributed by atoms with E-state index in [1.807, 2.05) is 24.3 Å². The number of sulfonamides is 5. The number of piperazine rings is 1. The van der Waals surface area contributed by atoms with E-state index in [2.05, 4.69) is 12.1 Å². The first-order valence-corrected chi connectivity index (χ1v) is 37.5. The number of benzene rings is 7.